The van der Waals surface area contributed by atoms with Crippen molar-refractivity contribution in [1.29, 1.82) is 0 Å². The number of hydrogen-bond donors (Lipinski definition) is 0. The van der Waals surface area contributed by atoms with Crippen molar-refractivity contribution < 1.29 is 9.18 Å². The second kappa shape index (κ2) is 5.29. The topological polar surface area (TPSA) is 29.4 Å². The van der Waals surface area contributed by atoms with Gasteiger partial charge in [0.15, 0.2) is 0 Å². The fourth-order valence-corrected chi connectivity index (χ4v) is 2.29. The zero-order valence-electron chi connectivity index (χ0n) is 7.33. The number of isocyanates is 1. The maximum atomic E-state index is 13.1. The first-order chi connectivity index (χ1) is 6.69. The van der Waals surface area contributed by atoms with Crippen LogP contribution in [-0.4, -0.2) is 12.3 Å². The van der Waals surface area contributed by atoms with Crippen molar-refractivity contribution in [2.75, 3.05) is 6.26 Å². The van der Waals surface area contributed by atoms with Gasteiger partial charge in [0.2, 0.25) is 12.4 Å². The highest BCUT2D eigenvalue weighted by molar-refractivity contribution is 9.10. The zero-order valence-corrected chi connectivity index (χ0v) is 9.73. The monoisotopic (exact) mass is 275 g/mol. The molecule has 0 heterocycles. The smallest absolute Gasteiger partial charge is 0.215 e. The molecular weight excluding hydrogens is 269 g/mol. The van der Waals surface area contributed by atoms with Gasteiger partial charge in [-0.15, -0.1) is 11.8 Å². The third kappa shape index (κ3) is 2.67. The molecule has 0 aromatic heterocycles. The van der Waals surface area contributed by atoms with E-state index in [1.54, 1.807) is 30.0 Å². The van der Waals surface area contributed by atoms with Crippen LogP contribution in [0.15, 0.2) is 32.6 Å². The molecule has 1 aromatic carbocycles. The van der Waals surface area contributed by atoms with Crippen LogP contribution >= 0.6 is 27.7 Å². The first kappa shape index (κ1) is 11.4. The number of alkyl halides is 1. The SMILES string of the molecule is CSc1ccc(C(F)N=C=O)cc1Br. The van der Waals surface area contributed by atoms with Gasteiger partial charge in [-0.25, -0.2) is 9.18 Å². The first-order valence-corrected chi connectivity index (χ1v) is 5.75. The predicted octanol–water partition coefficient (Wildman–Crippen LogP) is 3.47. The molecule has 14 heavy (non-hydrogen) atoms. The van der Waals surface area contributed by atoms with E-state index in [1.165, 1.54) is 6.08 Å². The molecule has 1 atom stereocenters. The van der Waals surface area contributed by atoms with Gasteiger partial charge in [0.25, 0.3) is 0 Å². The molecule has 1 aromatic rings. The largest absolute Gasteiger partial charge is 0.238 e. The Labute approximate surface area is 93.7 Å². The van der Waals surface area contributed by atoms with E-state index in [1.807, 2.05) is 6.26 Å². The molecule has 0 bridgehead atoms. The normalized spacial score (nSPS) is 11.9. The van der Waals surface area contributed by atoms with E-state index in [2.05, 4.69) is 20.9 Å². The summed E-state index contributed by atoms with van der Waals surface area (Å²) in [4.78, 5) is 13.9. The highest BCUT2D eigenvalue weighted by Crippen LogP contribution is 2.29. The average Bonchev–Trinajstić information content (AvgIpc) is 2.18. The zero-order chi connectivity index (χ0) is 10.6. The summed E-state index contributed by atoms with van der Waals surface area (Å²) in [7, 11) is 0. The van der Waals surface area contributed by atoms with E-state index in [-0.39, 0.29) is 0 Å². The van der Waals surface area contributed by atoms with Crippen molar-refractivity contribution >= 4 is 33.8 Å². The van der Waals surface area contributed by atoms with Gasteiger partial charge in [0, 0.05) is 14.9 Å². The van der Waals surface area contributed by atoms with Crippen LogP contribution in [0, 0.1) is 0 Å². The van der Waals surface area contributed by atoms with Crippen LogP contribution < -0.4 is 0 Å². The highest BCUT2D eigenvalue weighted by Gasteiger charge is 2.09. The molecule has 0 amide bonds. The summed E-state index contributed by atoms with van der Waals surface area (Å²) in [6, 6.07) is 4.98. The molecule has 0 saturated heterocycles. The molecule has 0 aliphatic rings. The number of thioether (sulfide) groups is 1. The Kier molecular flexibility index (Phi) is 4.32. The van der Waals surface area contributed by atoms with Crippen LogP contribution in [0.2, 0.25) is 0 Å². The van der Waals surface area contributed by atoms with E-state index in [9.17, 15) is 9.18 Å². The van der Waals surface area contributed by atoms with E-state index >= 15 is 0 Å². The molecule has 0 aliphatic heterocycles. The summed E-state index contributed by atoms with van der Waals surface area (Å²) in [6.45, 7) is 0. The lowest BCUT2D eigenvalue weighted by atomic mass is 10.2. The van der Waals surface area contributed by atoms with Crippen LogP contribution in [0.5, 0.6) is 0 Å². The van der Waals surface area contributed by atoms with Crippen molar-refractivity contribution in [1.82, 2.24) is 0 Å². The fraction of sp³-hybridized carbons (Fsp3) is 0.222. The fourth-order valence-electron chi connectivity index (χ4n) is 0.952. The van der Waals surface area contributed by atoms with Gasteiger partial charge in [0.05, 0.1) is 0 Å². The van der Waals surface area contributed by atoms with Gasteiger partial charge < -0.3 is 0 Å². The summed E-state index contributed by atoms with van der Waals surface area (Å²) >= 11 is 4.85. The Morgan fingerprint density at radius 2 is 2.36 bits per heavy atom. The number of rotatable bonds is 3. The number of halogens is 2. The third-order valence-electron chi connectivity index (χ3n) is 1.62. The molecule has 0 fully saturated rings. The maximum absolute atomic E-state index is 13.1. The van der Waals surface area contributed by atoms with Crippen molar-refractivity contribution in [3.63, 3.8) is 0 Å². The van der Waals surface area contributed by atoms with E-state index in [0.717, 1.165) is 9.37 Å². The summed E-state index contributed by atoms with van der Waals surface area (Å²) in [6.07, 6.45) is 1.50. The minimum atomic E-state index is -1.63. The van der Waals surface area contributed by atoms with Crippen molar-refractivity contribution in [2.45, 2.75) is 11.2 Å². The first-order valence-electron chi connectivity index (χ1n) is 3.73. The second-order valence-corrected chi connectivity index (χ2v) is 4.15. The Hall–Kier alpha value is -0.640. The maximum Gasteiger partial charge on any atom is 0.238 e. The molecule has 1 unspecified atom stereocenters. The van der Waals surface area contributed by atoms with Crippen LogP contribution in [0.4, 0.5) is 4.39 Å². The van der Waals surface area contributed by atoms with Crippen LogP contribution in [0.25, 0.3) is 0 Å². The average molecular weight is 276 g/mol. The minimum Gasteiger partial charge on any atom is -0.215 e. The number of hydrogen-bond acceptors (Lipinski definition) is 3. The molecule has 0 radical (unpaired) electrons. The number of nitrogens with zero attached hydrogens (tertiary/aromatic N) is 1. The molecular formula is C9H7BrFNOS. The standard InChI is InChI=1S/C9H7BrFNOS/c1-14-8-3-2-6(4-7(8)10)9(11)12-5-13/h2-4,9H,1H3. The quantitative estimate of drug-likeness (QED) is 0.366. The summed E-state index contributed by atoms with van der Waals surface area (Å²) in [5.41, 5.74) is 0.345. The van der Waals surface area contributed by atoms with E-state index < -0.39 is 6.30 Å². The number of carbonyl (C=O) groups excluding carboxylic acids is 1. The van der Waals surface area contributed by atoms with Crippen LogP contribution in [-0.2, 0) is 4.79 Å². The molecule has 5 heteroatoms. The lowest BCUT2D eigenvalue weighted by Crippen LogP contribution is -1.88. The predicted molar refractivity (Wildman–Crippen MR) is 57.9 cm³/mol. The summed E-state index contributed by atoms with van der Waals surface area (Å²) < 4.78 is 13.9. The van der Waals surface area contributed by atoms with Crippen molar-refractivity contribution in [2.24, 2.45) is 4.99 Å². The molecule has 0 aliphatic carbocycles. The summed E-state index contributed by atoms with van der Waals surface area (Å²) in [5, 5.41) is 0. The Morgan fingerprint density at radius 3 is 2.86 bits per heavy atom. The summed E-state index contributed by atoms with van der Waals surface area (Å²) in [5.74, 6) is 0. The van der Waals surface area contributed by atoms with Crippen LogP contribution in [0.1, 0.15) is 11.9 Å². The number of benzene rings is 1. The minimum absolute atomic E-state index is 0.345. The van der Waals surface area contributed by atoms with Gasteiger partial charge in [-0.05, 0) is 34.3 Å². The Bertz CT molecular complexity index is 379. The van der Waals surface area contributed by atoms with E-state index in [0.29, 0.717) is 5.56 Å². The van der Waals surface area contributed by atoms with Gasteiger partial charge in [-0.3, -0.25) is 0 Å². The van der Waals surface area contributed by atoms with Crippen molar-refractivity contribution in [3.05, 3.63) is 28.2 Å². The molecule has 2 nitrogen and oxygen atoms in total. The molecule has 0 saturated carbocycles. The second-order valence-electron chi connectivity index (χ2n) is 2.45. The highest BCUT2D eigenvalue weighted by atomic mass is 79.9. The molecule has 74 valence electrons. The molecule has 0 N–H and O–H groups in total. The van der Waals surface area contributed by atoms with Crippen LogP contribution in [0.3, 0.4) is 0 Å². The number of aliphatic imine (C=N–C) groups is 1. The van der Waals surface area contributed by atoms with Gasteiger partial charge in [0.1, 0.15) is 0 Å². The Balaban J connectivity index is 3.01. The third-order valence-corrected chi connectivity index (χ3v) is 3.33. The van der Waals surface area contributed by atoms with Gasteiger partial charge >= 0.3 is 0 Å². The van der Waals surface area contributed by atoms with Gasteiger partial charge in [-0.1, -0.05) is 6.07 Å². The van der Waals surface area contributed by atoms with Gasteiger partial charge in [-0.2, -0.15) is 4.99 Å². The molecule has 1 rings (SSSR count). The van der Waals surface area contributed by atoms with E-state index in [4.69, 9.17) is 0 Å². The molecule has 0 spiro atoms. The lowest BCUT2D eigenvalue weighted by molar-refractivity contribution is 0.356. The lowest BCUT2D eigenvalue weighted by Gasteiger charge is -2.05. The van der Waals surface area contributed by atoms with Crippen molar-refractivity contribution in [3.8, 4) is 0 Å². The Morgan fingerprint density at radius 1 is 1.64 bits per heavy atom.